The molecule has 3 aliphatic rings. The molecule has 3 fully saturated rings. The van der Waals surface area contributed by atoms with E-state index in [4.69, 9.17) is 23.7 Å². The van der Waals surface area contributed by atoms with Crippen LogP contribution in [0.5, 0.6) is 0 Å². The summed E-state index contributed by atoms with van der Waals surface area (Å²) < 4.78 is 63.5. The normalized spacial score (nSPS) is 44.0. The van der Waals surface area contributed by atoms with E-state index in [0.717, 1.165) is 6.92 Å². The fourth-order valence-electron chi connectivity index (χ4n) is 4.65. The molecule has 0 bridgehead atoms. The summed E-state index contributed by atoms with van der Waals surface area (Å²) >= 11 is 0. The first-order valence-corrected chi connectivity index (χ1v) is 13.6. The average molecular weight is 654 g/mol. The van der Waals surface area contributed by atoms with Crippen LogP contribution in [0.3, 0.4) is 0 Å². The predicted molar refractivity (Wildman–Crippen MR) is 124 cm³/mol. The molecule has 0 radical (unpaired) electrons. The summed E-state index contributed by atoms with van der Waals surface area (Å²) in [6, 6.07) is -1.94. The van der Waals surface area contributed by atoms with Crippen molar-refractivity contribution in [3.8, 4) is 0 Å². The Morgan fingerprint density at radius 1 is 0.744 bits per heavy atom. The van der Waals surface area contributed by atoms with Gasteiger partial charge in [-0.3, -0.25) is 9.35 Å². The van der Waals surface area contributed by atoms with Crippen molar-refractivity contribution in [3.05, 3.63) is 0 Å². The maximum absolute atomic E-state index is 12.2. The highest BCUT2D eigenvalue weighted by molar-refractivity contribution is 7.80. The summed E-state index contributed by atoms with van der Waals surface area (Å²) in [4.78, 5) is 35.5. The van der Waals surface area contributed by atoms with Crippen molar-refractivity contribution in [1.82, 2.24) is 5.32 Å². The minimum atomic E-state index is -5.45. The SMILES string of the molecule is CC(=O)N[C@H]1[C@H](O[C@H]2[C@H](O)[C@@H](O)C(O)O[C@@H]2C(=O)O)O[C@H](CO)[C@H](OS(=O)(=O)O)[C@@H]1O[C@@H]1O[C@H](C(=O)O)[C@@H](O)[C@H](O)[C@H]1O. The van der Waals surface area contributed by atoms with Crippen LogP contribution in [0.15, 0.2) is 0 Å². The molecule has 3 saturated heterocycles. The zero-order chi connectivity index (χ0) is 32.5. The van der Waals surface area contributed by atoms with Crippen LogP contribution in [0.1, 0.15) is 6.92 Å². The predicted octanol–water partition coefficient (Wildman–Crippen LogP) is -7.42. The lowest BCUT2D eigenvalue weighted by Crippen LogP contribution is -2.70. The van der Waals surface area contributed by atoms with Gasteiger partial charge in [-0.1, -0.05) is 0 Å². The molecule has 23 heteroatoms. The van der Waals surface area contributed by atoms with E-state index < -0.39 is 127 Å². The van der Waals surface area contributed by atoms with Gasteiger partial charge in [0.15, 0.2) is 31.1 Å². The molecule has 1 amide bonds. The standard InChI is InChI=1S/C20H31NO21S/c1-3(23)21-5-12(39-20-10(28)6(24)7(25)14(41-20)16(29)30)11(42-43(34,35)36)4(2-22)37-19(5)40-13-8(26)9(27)18(33)38-15(13)17(31)32/h4-15,18-20,22,24-28,33H,2H2,1H3,(H,21,23)(H,29,30)(H,31,32)(H,34,35,36)/t4-,5-,6+,7+,8-,9-,10-,11+,12-,13+,14+,15+,18?,19+,20-/m1/s1. The highest BCUT2D eigenvalue weighted by Gasteiger charge is 2.57. The maximum atomic E-state index is 12.2. The van der Waals surface area contributed by atoms with Crippen molar-refractivity contribution in [2.45, 2.75) is 99.0 Å². The van der Waals surface area contributed by atoms with Gasteiger partial charge in [0.1, 0.15) is 61.0 Å². The van der Waals surface area contributed by atoms with Crippen LogP contribution in [0.4, 0.5) is 0 Å². The first-order chi connectivity index (χ1) is 19.9. The van der Waals surface area contributed by atoms with Crippen molar-refractivity contribution in [3.63, 3.8) is 0 Å². The largest absolute Gasteiger partial charge is 0.479 e. The highest BCUT2D eigenvalue weighted by Crippen LogP contribution is 2.34. The Morgan fingerprint density at radius 2 is 1.33 bits per heavy atom. The third-order valence-corrected chi connectivity index (χ3v) is 7.10. The van der Waals surface area contributed by atoms with Crippen molar-refractivity contribution in [1.29, 1.82) is 0 Å². The molecule has 3 aliphatic heterocycles. The van der Waals surface area contributed by atoms with E-state index in [9.17, 15) is 73.3 Å². The zero-order valence-electron chi connectivity index (χ0n) is 21.7. The number of carbonyl (C=O) groups is 3. The number of ether oxygens (including phenoxy) is 5. The minimum absolute atomic E-state index is 0.899. The fourth-order valence-corrected chi connectivity index (χ4v) is 5.16. The molecule has 0 saturated carbocycles. The van der Waals surface area contributed by atoms with Gasteiger partial charge in [-0.15, -0.1) is 0 Å². The Hall–Kier alpha value is -2.20. The quantitative estimate of drug-likeness (QED) is 0.0975. The Balaban J connectivity index is 2.07. The van der Waals surface area contributed by atoms with Crippen molar-refractivity contribution >= 4 is 28.2 Å². The average Bonchev–Trinajstić information content (AvgIpc) is 2.90. The van der Waals surface area contributed by atoms with Gasteiger partial charge in [-0.05, 0) is 0 Å². The van der Waals surface area contributed by atoms with Crippen molar-refractivity contribution in [2.75, 3.05) is 6.61 Å². The number of aliphatic hydroxyl groups excluding tert-OH is 7. The molecule has 11 N–H and O–H groups in total. The molecule has 0 spiro atoms. The Labute approximate surface area is 240 Å². The number of aliphatic carboxylic acids is 2. The molecule has 22 nitrogen and oxygen atoms in total. The second kappa shape index (κ2) is 13.8. The first kappa shape index (κ1) is 35.3. The summed E-state index contributed by atoms with van der Waals surface area (Å²) in [5.74, 6) is -4.63. The summed E-state index contributed by atoms with van der Waals surface area (Å²) in [5, 5.41) is 91.7. The van der Waals surface area contributed by atoms with Crippen LogP contribution in [-0.2, 0) is 52.7 Å². The smallest absolute Gasteiger partial charge is 0.397 e. The van der Waals surface area contributed by atoms with Gasteiger partial charge in [0.2, 0.25) is 5.91 Å². The Bertz CT molecular complexity index is 1120. The van der Waals surface area contributed by atoms with E-state index in [-0.39, 0.29) is 0 Å². The van der Waals surface area contributed by atoms with Gasteiger partial charge in [0.25, 0.3) is 0 Å². The van der Waals surface area contributed by atoms with Gasteiger partial charge in [-0.2, -0.15) is 8.42 Å². The summed E-state index contributed by atoms with van der Waals surface area (Å²) in [6.45, 7) is -0.288. The van der Waals surface area contributed by atoms with Crippen LogP contribution >= 0.6 is 0 Å². The number of carboxylic acids is 2. The number of hydrogen-bond acceptors (Lipinski definition) is 18. The molecule has 43 heavy (non-hydrogen) atoms. The van der Waals surface area contributed by atoms with E-state index >= 15 is 0 Å². The molecule has 3 heterocycles. The third-order valence-electron chi connectivity index (χ3n) is 6.63. The number of rotatable bonds is 10. The molecular weight excluding hydrogens is 622 g/mol. The second-order valence-corrected chi connectivity index (χ2v) is 10.7. The van der Waals surface area contributed by atoms with Crippen molar-refractivity contribution in [2.24, 2.45) is 0 Å². The van der Waals surface area contributed by atoms with E-state index in [1.54, 1.807) is 0 Å². The molecule has 1 unspecified atom stereocenters. The Morgan fingerprint density at radius 3 is 1.84 bits per heavy atom. The molecule has 0 aromatic rings. The van der Waals surface area contributed by atoms with Gasteiger partial charge in [0.05, 0.1) is 6.61 Å². The van der Waals surface area contributed by atoms with Crippen LogP contribution < -0.4 is 5.32 Å². The van der Waals surface area contributed by atoms with Crippen LogP contribution in [-0.4, -0.2) is 175 Å². The monoisotopic (exact) mass is 653 g/mol. The van der Waals surface area contributed by atoms with E-state index in [1.165, 1.54) is 0 Å². The van der Waals surface area contributed by atoms with Crippen LogP contribution in [0, 0.1) is 0 Å². The van der Waals surface area contributed by atoms with Gasteiger partial charge in [-0.25, -0.2) is 13.8 Å². The first-order valence-electron chi connectivity index (χ1n) is 12.2. The van der Waals surface area contributed by atoms with Gasteiger partial charge in [0, 0.05) is 6.92 Å². The number of amides is 1. The number of nitrogens with one attached hydrogen (secondary N) is 1. The molecule has 0 aromatic heterocycles. The number of carboxylic acid groups (broad SMARTS) is 2. The Kier molecular flexibility index (Phi) is 11.4. The summed E-state index contributed by atoms with van der Waals surface area (Å²) in [7, 11) is -5.45. The van der Waals surface area contributed by atoms with Crippen molar-refractivity contribution < 1.29 is 101 Å². The van der Waals surface area contributed by atoms with Gasteiger partial charge >= 0.3 is 22.3 Å². The molecule has 0 aromatic carbocycles. The molecule has 3 rings (SSSR count). The van der Waals surface area contributed by atoms with E-state index in [2.05, 4.69) is 9.50 Å². The lowest BCUT2D eigenvalue weighted by molar-refractivity contribution is -0.356. The fraction of sp³-hybridized carbons (Fsp3) is 0.850. The molecular formula is C20H31NO21S. The highest BCUT2D eigenvalue weighted by atomic mass is 32.3. The third kappa shape index (κ3) is 7.91. The molecule has 0 aliphatic carbocycles. The zero-order valence-corrected chi connectivity index (χ0v) is 22.6. The minimum Gasteiger partial charge on any atom is -0.479 e. The van der Waals surface area contributed by atoms with Crippen LogP contribution in [0.25, 0.3) is 0 Å². The number of hydrogen-bond donors (Lipinski definition) is 11. The van der Waals surface area contributed by atoms with Crippen LogP contribution in [0.2, 0.25) is 0 Å². The molecule has 248 valence electrons. The topological polar surface area (TPSA) is 355 Å². The van der Waals surface area contributed by atoms with E-state index in [0.29, 0.717) is 0 Å². The lowest BCUT2D eigenvalue weighted by Gasteiger charge is -2.49. The summed E-state index contributed by atoms with van der Waals surface area (Å²) in [5.41, 5.74) is 0. The second-order valence-electron chi connectivity index (χ2n) is 9.64. The number of aliphatic hydroxyl groups is 7. The maximum Gasteiger partial charge on any atom is 0.397 e. The lowest BCUT2D eigenvalue weighted by atomic mass is 9.94. The summed E-state index contributed by atoms with van der Waals surface area (Å²) in [6.07, 6.45) is -30.4. The van der Waals surface area contributed by atoms with E-state index in [1.807, 2.05) is 0 Å². The molecule has 15 atom stereocenters. The number of carbonyl (C=O) groups excluding carboxylic acids is 1. The van der Waals surface area contributed by atoms with Gasteiger partial charge < -0.3 is 75.0 Å².